The van der Waals surface area contributed by atoms with E-state index in [2.05, 4.69) is 0 Å². The molecule has 2 heterocycles. The molecule has 258 valence electrons. The lowest BCUT2D eigenvalue weighted by atomic mass is 10.2. The zero-order chi connectivity index (χ0) is 35.1. The Balaban J connectivity index is 1.36. The van der Waals surface area contributed by atoms with E-state index in [1.165, 1.54) is 89.7 Å². The number of carbonyl (C=O) groups is 4. The largest absolute Gasteiger partial charge is 0.445 e. The minimum atomic E-state index is -0.750. The monoisotopic (exact) mass is 704 g/mol. The lowest BCUT2D eigenvalue weighted by Crippen LogP contribution is -2.45. The summed E-state index contributed by atoms with van der Waals surface area (Å²) in [4.78, 5) is 78.7. The number of likely N-dealkylation sites (N-methyl/N-ethyl adjacent to an activating group) is 2. The minimum absolute atomic E-state index is 0.0828. The summed E-state index contributed by atoms with van der Waals surface area (Å²) in [7, 11) is 9.37. The Hall–Kier alpha value is -4.58. The van der Waals surface area contributed by atoms with E-state index in [1.54, 1.807) is 28.2 Å². The first-order chi connectivity index (χ1) is 22.7. The maximum atomic E-state index is 13.1. The second kappa shape index (κ2) is 16.0. The van der Waals surface area contributed by atoms with Gasteiger partial charge in [-0.1, -0.05) is 21.6 Å². The number of hydrogen-bond acceptors (Lipinski definition) is 12. The maximum Gasteiger partial charge on any atom is 0.410 e. The van der Waals surface area contributed by atoms with Crippen molar-refractivity contribution in [1.29, 1.82) is 0 Å². The van der Waals surface area contributed by atoms with Gasteiger partial charge in [0.2, 0.25) is 11.8 Å². The third-order valence-corrected chi connectivity index (χ3v) is 11.1. The van der Waals surface area contributed by atoms with Crippen LogP contribution in [0.3, 0.4) is 0 Å². The Morgan fingerprint density at radius 2 is 1.02 bits per heavy atom. The molecule has 0 saturated carbocycles. The first-order valence-electron chi connectivity index (χ1n) is 14.8. The predicted octanol–water partition coefficient (Wildman–Crippen LogP) is 3.92. The zero-order valence-electron chi connectivity index (χ0n) is 26.8. The van der Waals surface area contributed by atoms with Crippen LogP contribution in [0.5, 0.6) is 0 Å². The summed E-state index contributed by atoms with van der Waals surface area (Å²) in [6.07, 6.45) is -0.619. The van der Waals surface area contributed by atoms with Gasteiger partial charge in [-0.05, 0) is 48.2 Å². The van der Waals surface area contributed by atoms with Crippen molar-refractivity contribution in [1.82, 2.24) is 19.6 Å². The van der Waals surface area contributed by atoms with Crippen LogP contribution in [0.1, 0.15) is 24.0 Å². The molecular formula is C30H36N6O10S2. The van der Waals surface area contributed by atoms with Crippen LogP contribution in [-0.4, -0.2) is 117 Å². The van der Waals surface area contributed by atoms with Crippen molar-refractivity contribution in [3.8, 4) is 0 Å². The van der Waals surface area contributed by atoms with E-state index in [1.807, 2.05) is 0 Å². The van der Waals surface area contributed by atoms with E-state index in [0.29, 0.717) is 24.0 Å². The summed E-state index contributed by atoms with van der Waals surface area (Å²) in [5.74, 6) is -0.510. The molecule has 4 rings (SSSR count). The number of non-ortho nitro benzene ring substituents is 2. The van der Waals surface area contributed by atoms with Crippen LogP contribution < -0.4 is 0 Å². The maximum absolute atomic E-state index is 13.1. The molecule has 2 fully saturated rings. The second-order valence-corrected chi connectivity index (χ2v) is 14.5. The molecule has 0 unspecified atom stereocenters. The van der Waals surface area contributed by atoms with Crippen molar-refractivity contribution in [2.75, 3.05) is 41.3 Å². The highest BCUT2D eigenvalue weighted by molar-refractivity contribution is 8.77. The molecule has 2 saturated heterocycles. The topological polar surface area (TPSA) is 186 Å². The molecule has 18 heteroatoms. The van der Waals surface area contributed by atoms with Crippen LogP contribution in [0.15, 0.2) is 48.5 Å². The van der Waals surface area contributed by atoms with Crippen molar-refractivity contribution in [3.63, 3.8) is 0 Å². The number of nitrogens with zero attached hydrogens (tertiary/aromatic N) is 6. The van der Waals surface area contributed by atoms with Crippen molar-refractivity contribution >= 4 is 57.0 Å². The Morgan fingerprint density at radius 1 is 0.688 bits per heavy atom. The zero-order valence-corrected chi connectivity index (χ0v) is 28.4. The Labute approximate surface area is 284 Å². The fraction of sp³-hybridized carbons (Fsp3) is 0.467. The van der Waals surface area contributed by atoms with Gasteiger partial charge >= 0.3 is 12.2 Å². The van der Waals surface area contributed by atoms with Gasteiger partial charge in [-0.2, -0.15) is 0 Å². The molecule has 0 aliphatic carbocycles. The first-order valence-corrected chi connectivity index (χ1v) is 17.1. The van der Waals surface area contributed by atoms with E-state index in [9.17, 15) is 39.4 Å². The molecule has 2 aromatic rings. The highest BCUT2D eigenvalue weighted by Gasteiger charge is 2.44. The van der Waals surface area contributed by atoms with Crippen molar-refractivity contribution in [2.45, 2.75) is 48.6 Å². The first kappa shape index (κ1) is 36.3. The summed E-state index contributed by atoms with van der Waals surface area (Å²) >= 11 is 0. The van der Waals surface area contributed by atoms with Gasteiger partial charge in [-0.15, -0.1) is 0 Å². The molecule has 0 radical (unpaired) electrons. The number of ether oxygens (including phenoxy) is 2. The fourth-order valence-electron chi connectivity index (χ4n) is 5.24. The molecule has 48 heavy (non-hydrogen) atoms. The Bertz CT molecular complexity index is 1410. The number of nitro benzene ring substituents is 2. The van der Waals surface area contributed by atoms with Gasteiger partial charge in [0.05, 0.1) is 9.85 Å². The van der Waals surface area contributed by atoms with Gasteiger partial charge in [0, 0.05) is 76.0 Å². The molecule has 0 aromatic heterocycles. The number of carbonyl (C=O) groups excluding carboxylic acids is 4. The number of rotatable bonds is 11. The highest BCUT2D eigenvalue weighted by Crippen LogP contribution is 2.42. The third-order valence-electron chi connectivity index (χ3n) is 7.79. The lowest BCUT2D eigenvalue weighted by molar-refractivity contribution is -0.385. The minimum Gasteiger partial charge on any atom is -0.445 e. The van der Waals surface area contributed by atoms with Gasteiger partial charge in [0.15, 0.2) is 0 Å². The number of benzene rings is 2. The summed E-state index contributed by atoms with van der Waals surface area (Å²) < 4.78 is 10.9. The summed E-state index contributed by atoms with van der Waals surface area (Å²) in [6.45, 7) is 0.216. The fourth-order valence-corrected chi connectivity index (χ4v) is 8.30. The summed E-state index contributed by atoms with van der Waals surface area (Å²) in [5, 5.41) is 21.5. The van der Waals surface area contributed by atoms with Gasteiger partial charge in [0.1, 0.15) is 25.3 Å². The summed E-state index contributed by atoms with van der Waals surface area (Å²) in [6, 6.07) is 9.77. The molecule has 2 aliphatic heterocycles. The molecule has 0 bridgehead atoms. The summed E-state index contributed by atoms with van der Waals surface area (Å²) in [5.41, 5.74) is 0.953. The van der Waals surface area contributed by atoms with E-state index in [4.69, 9.17) is 9.47 Å². The molecule has 4 atom stereocenters. The SMILES string of the molecule is CN(C)C(=O)[C@@H]1C[C@H](SS[C@H]2C[C@@H](C(=O)N(C)C)N(C(=O)OCc3ccc([N+](=O)[O-])cc3)C2)CN1C(=O)OCc1ccc([N+](=O)[O-])cc1. The van der Waals surface area contributed by atoms with E-state index < -0.39 is 34.1 Å². The van der Waals surface area contributed by atoms with Crippen LogP contribution in [0.2, 0.25) is 0 Å². The van der Waals surface area contributed by atoms with Crippen LogP contribution in [0.4, 0.5) is 21.0 Å². The normalized spacial score (nSPS) is 20.2. The van der Waals surface area contributed by atoms with E-state index in [0.717, 1.165) is 0 Å². The number of likely N-dealkylation sites (tertiary alicyclic amines) is 2. The molecule has 4 amide bonds. The Kier molecular flexibility index (Phi) is 12.1. The molecule has 0 N–H and O–H groups in total. The second-order valence-electron chi connectivity index (χ2n) is 11.7. The third kappa shape index (κ3) is 9.06. The average Bonchev–Trinajstić information content (AvgIpc) is 3.69. The average molecular weight is 705 g/mol. The quantitative estimate of drug-likeness (QED) is 0.187. The van der Waals surface area contributed by atoms with Gasteiger partial charge in [-0.3, -0.25) is 39.6 Å². The van der Waals surface area contributed by atoms with Crippen molar-refractivity contribution < 1.29 is 38.5 Å². The van der Waals surface area contributed by atoms with E-state index >= 15 is 0 Å². The lowest BCUT2D eigenvalue weighted by Gasteiger charge is -2.25. The Morgan fingerprint density at radius 3 is 1.31 bits per heavy atom. The molecule has 0 spiro atoms. The number of hydrogen-bond donors (Lipinski definition) is 0. The highest BCUT2D eigenvalue weighted by atomic mass is 33.1. The molecule has 2 aliphatic rings. The standard InChI is InChI=1S/C30H36N6O10S2/c1-31(2)27(37)25-13-23(15-33(25)29(39)45-17-19-5-9-21(10-6-19)35(41)42)47-48-24-14-26(28(38)32(3)4)34(16-24)30(40)46-18-20-7-11-22(12-8-20)36(43)44/h5-12,23-26H,13-18H2,1-4H3/t23-,24-,25-,26-/m0/s1. The van der Waals surface area contributed by atoms with E-state index in [-0.39, 0.29) is 60.0 Å². The molecule has 16 nitrogen and oxygen atoms in total. The molecular weight excluding hydrogens is 668 g/mol. The van der Waals surface area contributed by atoms with Crippen molar-refractivity contribution in [3.05, 3.63) is 79.9 Å². The van der Waals surface area contributed by atoms with Gasteiger partial charge in [-0.25, -0.2) is 9.59 Å². The predicted molar refractivity (Wildman–Crippen MR) is 177 cm³/mol. The van der Waals surface area contributed by atoms with Crippen LogP contribution in [-0.2, 0) is 32.3 Å². The van der Waals surface area contributed by atoms with Gasteiger partial charge in [0.25, 0.3) is 11.4 Å². The van der Waals surface area contributed by atoms with Crippen molar-refractivity contribution in [2.24, 2.45) is 0 Å². The van der Waals surface area contributed by atoms with Gasteiger partial charge < -0.3 is 19.3 Å². The van der Waals surface area contributed by atoms with Crippen LogP contribution in [0.25, 0.3) is 0 Å². The smallest absolute Gasteiger partial charge is 0.410 e. The molecule has 2 aromatic carbocycles. The van der Waals surface area contributed by atoms with Crippen LogP contribution >= 0.6 is 21.6 Å². The number of nitro groups is 2. The van der Waals surface area contributed by atoms with Crippen LogP contribution in [0, 0.1) is 20.2 Å². The number of amides is 4.